The van der Waals surface area contributed by atoms with Gasteiger partial charge in [0.2, 0.25) is 0 Å². The van der Waals surface area contributed by atoms with E-state index in [1.54, 1.807) is 21.0 Å². The number of carbonyl (C=O) groups is 1. The van der Waals surface area contributed by atoms with Gasteiger partial charge in [-0.15, -0.1) is 0 Å². The molecule has 102 valence electrons. The summed E-state index contributed by atoms with van der Waals surface area (Å²) in [6.07, 6.45) is 1.16. The number of ether oxygens (including phenoxy) is 2. The van der Waals surface area contributed by atoms with Crippen molar-refractivity contribution < 1.29 is 19.4 Å². The molecular formula is C12H25NO4. The zero-order valence-electron chi connectivity index (χ0n) is 11.3. The van der Waals surface area contributed by atoms with Crippen molar-refractivity contribution in [2.45, 2.75) is 45.3 Å². The molecule has 2 unspecified atom stereocenters. The van der Waals surface area contributed by atoms with Gasteiger partial charge >= 0.3 is 5.97 Å². The zero-order valence-corrected chi connectivity index (χ0v) is 11.3. The van der Waals surface area contributed by atoms with Gasteiger partial charge < -0.3 is 19.9 Å². The lowest BCUT2D eigenvalue weighted by Gasteiger charge is -2.26. The number of rotatable bonds is 9. The monoisotopic (exact) mass is 247 g/mol. The van der Waals surface area contributed by atoms with Crippen molar-refractivity contribution in [3.63, 3.8) is 0 Å². The third-order valence-electron chi connectivity index (χ3n) is 2.55. The summed E-state index contributed by atoms with van der Waals surface area (Å²) in [6, 6.07) is -0.357. The predicted octanol–water partition coefficient (Wildman–Crippen LogP) is 0.705. The molecule has 5 nitrogen and oxygen atoms in total. The second-order valence-electron chi connectivity index (χ2n) is 4.33. The van der Waals surface area contributed by atoms with Crippen LogP contribution in [0.25, 0.3) is 0 Å². The first kappa shape index (κ1) is 16.4. The van der Waals surface area contributed by atoms with Gasteiger partial charge in [-0.1, -0.05) is 6.92 Å². The minimum atomic E-state index is -0.879. The Morgan fingerprint density at radius 3 is 2.59 bits per heavy atom. The van der Waals surface area contributed by atoms with E-state index in [1.807, 2.05) is 6.92 Å². The van der Waals surface area contributed by atoms with Gasteiger partial charge in [0.05, 0.1) is 12.2 Å². The van der Waals surface area contributed by atoms with Crippen LogP contribution < -0.4 is 5.32 Å². The molecule has 0 aliphatic heterocycles. The zero-order chi connectivity index (χ0) is 13.3. The molecule has 2 N–H and O–H groups in total. The molecule has 0 aromatic heterocycles. The molecule has 5 heteroatoms. The molecule has 0 aromatic carbocycles. The van der Waals surface area contributed by atoms with Crippen LogP contribution in [0, 0.1) is 0 Å². The molecule has 0 heterocycles. The molecule has 0 aromatic rings. The number of nitrogens with one attached hydrogen (secondary N) is 1. The summed E-state index contributed by atoms with van der Waals surface area (Å²) in [4.78, 5) is 11.5. The Morgan fingerprint density at radius 1 is 1.47 bits per heavy atom. The standard InChI is InChI=1S/C12H25NO4/c1-5-10(11(14)17-6-2)13-9-12(3,15)7-8-16-4/h10,13,15H,5-9H2,1-4H3. The number of methoxy groups -OCH3 is 1. The van der Waals surface area contributed by atoms with E-state index in [0.717, 1.165) is 0 Å². The van der Waals surface area contributed by atoms with Gasteiger partial charge in [-0.25, -0.2) is 0 Å². The topological polar surface area (TPSA) is 67.8 Å². The van der Waals surface area contributed by atoms with Crippen molar-refractivity contribution in [2.24, 2.45) is 0 Å². The second-order valence-corrected chi connectivity index (χ2v) is 4.33. The van der Waals surface area contributed by atoms with Gasteiger partial charge in [0.25, 0.3) is 0 Å². The van der Waals surface area contributed by atoms with Crippen molar-refractivity contribution in [2.75, 3.05) is 26.9 Å². The van der Waals surface area contributed by atoms with E-state index in [-0.39, 0.29) is 12.0 Å². The van der Waals surface area contributed by atoms with Crippen LogP contribution in [0.2, 0.25) is 0 Å². The first-order valence-electron chi connectivity index (χ1n) is 6.08. The summed E-state index contributed by atoms with van der Waals surface area (Å²) in [5.74, 6) is -0.266. The Labute approximate surface area is 103 Å². The molecule has 2 atom stereocenters. The first-order chi connectivity index (χ1) is 7.96. The van der Waals surface area contributed by atoms with E-state index in [9.17, 15) is 9.90 Å². The molecule has 0 saturated carbocycles. The van der Waals surface area contributed by atoms with E-state index in [4.69, 9.17) is 9.47 Å². The number of carbonyl (C=O) groups excluding carboxylic acids is 1. The molecule has 0 aliphatic carbocycles. The first-order valence-corrected chi connectivity index (χ1v) is 6.08. The smallest absolute Gasteiger partial charge is 0.323 e. The molecule has 0 radical (unpaired) electrons. The normalized spacial score (nSPS) is 16.3. The number of esters is 1. The average molecular weight is 247 g/mol. The van der Waals surface area contributed by atoms with Crippen molar-refractivity contribution >= 4 is 5.97 Å². The highest BCUT2D eigenvalue weighted by molar-refractivity contribution is 5.75. The Bertz CT molecular complexity index is 219. The van der Waals surface area contributed by atoms with E-state index >= 15 is 0 Å². The molecule has 0 fully saturated rings. The fraction of sp³-hybridized carbons (Fsp3) is 0.917. The van der Waals surface area contributed by atoms with Gasteiger partial charge in [-0.3, -0.25) is 4.79 Å². The molecule has 0 bridgehead atoms. The van der Waals surface area contributed by atoms with Gasteiger partial charge in [0.1, 0.15) is 6.04 Å². The third kappa shape index (κ3) is 7.31. The molecule has 17 heavy (non-hydrogen) atoms. The summed E-state index contributed by atoms with van der Waals surface area (Å²) in [5, 5.41) is 13.0. The lowest BCUT2D eigenvalue weighted by atomic mass is 10.0. The van der Waals surface area contributed by atoms with Crippen LogP contribution in [0.5, 0.6) is 0 Å². The fourth-order valence-electron chi connectivity index (χ4n) is 1.39. The van der Waals surface area contributed by atoms with Gasteiger partial charge in [-0.2, -0.15) is 0 Å². The van der Waals surface area contributed by atoms with E-state index in [1.165, 1.54) is 0 Å². The molecule has 0 spiro atoms. The van der Waals surface area contributed by atoms with Crippen LogP contribution >= 0.6 is 0 Å². The largest absolute Gasteiger partial charge is 0.465 e. The Kier molecular flexibility index (Phi) is 8.12. The van der Waals surface area contributed by atoms with Crippen LogP contribution in [-0.4, -0.2) is 49.6 Å². The van der Waals surface area contributed by atoms with Crippen molar-refractivity contribution in [1.29, 1.82) is 0 Å². The van der Waals surface area contributed by atoms with E-state index in [0.29, 0.717) is 32.6 Å². The number of hydrogen-bond acceptors (Lipinski definition) is 5. The van der Waals surface area contributed by atoms with Crippen molar-refractivity contribution in [3.8, 4) is 0 Å². The van der Waals surface area contributed by atoms with Gasteiger partial charge in [0, 0.05) is 26.7 Å². The van der Waals surface area contributed by atoms with Crippen LogP contribution in [0.4, 0.5) is 0 Å². The minimum absolute atomic E-state index is 0.266. The summed E-state index contributed by atoms with van der Waals surface area (Å²) >= 11 is 0. The highest BCUT2D eigenvalue weighted by Crippen LogP contribution is 2.08. The van der Waals surface area contributed by atoms with Crippen LogP contribution in [0.15, 0.2) is 0 Å². The Morgan fingerprint density at radius 2 is 2.12 bits per heavy atom. The molecular weight excluding hydrogens is 222 g/mol. The van der Waals surface area contributed by atoms with Crippen LogP contribution in [0.1, 0.15) is 33.6 Å². The molecule has 0 saturated heterocycles. The summed E-state index contributed by atoms with van der Waals surface area (Å²) in [5.41, 5.74) is -0.879. The fourth-order valence-corrected chi connectivity index (χ4v) is 1.39. The number of aliphatic hydroxyl groups is 1. The predicted molar refractivity (Wildman–Crippen MR) is 65.8 cm³/mol. The van der Waals surface area contributed by atoms with Gasteiger partial charge in [-0.05, 0) is 20.3 Å². The Balaban J connectivity index is 4.08. The summed E-state index contributed by atoms with van der Waals surface area (Å²) in [6.45, 7) is 6.60. The summed E-state index contributed by atoms with van der Waals surface area (Å²) in [7, 11) is 1.59. The maximum atomic E-state index is 11.5. The maximum Gasteiger partial charge on any atom is 0.323 e. The lowest BCUT2D eigenvalue weighted by molar-refractivity contribution is -0.146. The molecule has 0 rings (SSSR count). The average Bonchev–Trinajstić information content (AvgIpc) is 2.27. The SMILES string of the molecule is CCOC(=O)C(CC)NCC(C)(O)CCOC. The van der Waals surface area contributed by atoms with E-state index in [2.05, 4.69) is 5.32 Å². The van der Waals surface area contributed by atoms with Gasteiger partial charge in [0.15, 0.2) is 0 Å². The van der Waals surface area contributed by atoms with Crippen molar-refractivity contribution in [1.82, 2.24) is 5.32 Å². The highest BCUT2D eigenvalue weighted by atomic mass is 16.5. The summed E-state index contributed by atoms with van der Waals surface area (Å²) < 4.78 is 9.85. The quantitative estimate of drug-likeness (QED) is 0.587. The van der Waals surface area contributed by atoms with Crippen LogP contribution in [-0.2, 0) is 14.3 Å². The minimum Gasteiger partial charge on any atom is -0.465 e. The van der Waals surface area contributed by atoms with Crippen LogP contribution in [0.3, 0.4) is 0 Å². The molecule has 0 amide bonds. The van der Waals surface area contributed by atoms with Crippen molar-refractivity contribution in [3.05, 3.63) is 0 Å². The molecule has 0 aliphatic rings. The maximum absolute atomic E-state index is 11.5. The highest BCUT2D eigenvalue weighted by Gasteiger charge is 2.24. The lowest BCUT2D eigenvalue weighted by Crippen LogP contribution is -2.46. The number of hydrogen-bond donors (Lipinski definition) is 2. The van der Waals surface area contributed by atoms with E-state index < -0.39 is 5.60 Å². The second kappa shape index (κ2) is 8.44. The third-order valence-corrected chi connectivity index (χ3v) is 2.55. The Hall–Kier alpha value is -0.650.